The summed E-state index contributed by atoms with van der Waals surface area (Å²) in [5.74, 6) is 0.832. The molecule has 0 fully saturated rings. The Morgan fingerprint density at radius 3 is 2.53 bits per heavy atom. The number of hydrogen-bond acceptors (Lipinski definition) is 4. The van der Waals surface area contributed by atoms with Crippen LogP contribution in [0.3, 0.4) is 0 Å². The van der Waals surface area contributed by atoms with E-state index in [-0.39, 0.29) is 17.8 Å². The largest absolute Gasteiger partial charge is 0.342 e. The van der Waals surface area contributed by atoms with E-state index < -0.39 is 0 Å². The number of aromatic nitrogens is 3. The Labute approximate surface area is 185 Å². The summed E-state index contributed by atoms with van der Waals surface area (Å²) in [6.07, 6.45) is 0. The fraction of sp³-hybridized carbons (Fsp3) is 0.318. The summed E-state index contributed by atoms with van der Waals surface area (Å²) in [6.45, 7) is 6.75. The van der Waals surface area contributed by atoms with E-state index in [1.54, 1.807) is 24.3 Å². The van der Waals surface area contributed by atoms with Crippen LogP contribution < -0.4 is 5.32 Å². The van der Waals surface area contributed by atoms with E-state index in [9.17, 15) is 9.18 Å². The Balaban J connectivity index is 1.80. The summed E-state index contributed by atoms with van der Waals surface area (Å²) in [5.41, 5.74) is 1.03. The van der Waals surface area contributed by atoms with Gasteiger partial charge in [0.05, 0.1) is 6.04 Å². The lowest BCUT2D eigenvalue weighted by molar-refractivity contribution is 0.0937. The number of hydrogen-bond donors (Lipinski definition) is 1. The zero-order valence-electron chi connectivity index (χ0n) is 17.1. The first-order chi connectivity index (χ1) is 14.4. The zero-order chi connectivity index (χ0) is 21.7. The summed E-state index contributed by atoms with van der Waals surface area (Å²) >= 11 is 7.52. The number of benzene rings is 2. The molecule has 30 heavy (non-hydrogen) atoms. The van der Waals surface area contributed by atoms with Crippen LogP contribution in [0.15, 0.2) is 53.7 Å². The number of nitrogens with one attached hydrogen (secondary N) is 1. The van der Waals surface area contributed by atoms with Crippen LogP contribution in [-0.4, -0.2) is 20.7 Å². The van der Waals surface area contributed by atoms with E-state index in [0.29, 0.717) is 45.3 Å². The maximum absolute atomic E-state index is 14.1. The minimum atomic E-state index is -0.339. The Hall–Kier alpha value is -2.38. The van der Waals surface area contributed by atoms with E-state index >= 15 is 0 Å². The molecule has 0 aliphatic rings. The fourth-order valence-electron chi connectivity index (χ4n) is 3.00. The van der Waals surface area contributed by atoms with Gasteiger partial charge in [0.15, 0.2) is 11.0 Å². The van der Waals surface area contributed by atoms with E-state index in [0.717, 1.165) is 0 Å². The average molecular weight is 447 g/mol. The van der Waals surface area contributed by atoms with Crippen LogP contribution in [0.1, 0.15) is 48.6 Å². The second-order valence-corrected chi connectivity index (χ2v) is 8.74. The maximum atomic E-state index is 14.1. The van der Waals surface area contributed by atoms with Crippen LogP contribution >= 0.6 is 23.4 Å². The highest BCUT2D eigenvalue weighted by Crippen LogP contribution is 2.29. The molecule has 0 saturated heterocycles. The first kappa shape index (κ1) is 22.3. The molecular formula is C22H24ClFN4OS. The Bertz CT molecular complexity index is 989. The van der Waals surface area contributed by atoms with Gasteiger partial charge in [-0.05, 0) is 37.1 Å². The fourth-order valence-corrected chi connectivity index (χ4v) is 4.30. The van der Waals surface area contributed by atoms with Crippen LogP contribution in [0.2, 0.25) is 5.02 Å². The maximum Gasteiger partial charge on any atom is 0.251 e. The lowest BCUT2D eigenvalue weighted by atomic mass is 10.2. The lowest BCUT2D eigenvalue weighted by Crippen LogP contribution is -2.29. The molecule has 0 aliphatic carbocycles. The van der Waals surface area contributed by atoms with E-state index in [2.05, 4.69) is 29.4 Å². The number of carbonyl (C=O) groups excluding carboxylic acids is 1. The number of amides is 1. The molecule has 0 bridgehead atoms. The molecule has 5 nitrogen and oxygen atoms in total. The molecule has 1 aromatic heterocycles. The number of carbonyl (C=O) groups is 1. The summed E-state index contributed by atoms with van der Waals surface area (Å²) in [7, 11) is 0. The highest BCUT2D eigenvalue weighted by molar-refractivity contribution is 7.98. The third-order valence-corrected chi connectivity index (χ3v) is 5.82. The predicted octanol–water partition coefficient (Wildman–Crippen LogP) is 5.51. The Morgan fingerprint density at radius 1 is 1.13 bits per heavy atom. The molecule has 0 saturated carbocycles. The van der Waals surface area contributed by atoms with E-state index in [1.165, 1.54) is 17.8 Å². The topological polar surface area (TPSA) is 59.8 Å². The third kappa shape index (κ3) is 5.40. The molecular weight excluding hydrogens is 423 g/mol. The first-order valence-electron chi connectivity index (χ1n) is 9.71. The molecule has 3 aromatic rings. The van der Waals surface area contributed by atoms with Gasteiger partial charge in [-0.3, -0.25) is 4.79 Å². The molecule has 0 radical (unpaired) electrons. The summed E-state index contributed by atoms with van der Waals surface area (Å²) in [4.78, 5) is 12.5. The van der Waals surface area contributed by atoms with Crippen molar-refractivity contribution in [3.8, 4) is 0 Å². The van der Waals surface area contributed by atoms with E-state index in [1.807, 2.05) is 29.7 Å². The van der Waals surface area contributed by atoms with Gasteiger partial charge in [0.25, 0.3) is 5.91 Å². The van der Waals surface area contributed by atoms with Gasteiger partial charge >= 0.3 is 0 Å². The smallest absolute Gasteiger partial charge is 0.251 e. The molecule has 1 amide bonds. The van der Waals surface area contributed by atoms with Crippen molar-refractivity contribution in [1.82, 2.24) is 20.1 Å². The van der Waals surface area contributed by atoms with Crippen molar-refractivity contribution in [3.63, 3.8) is 0 Å². The summed E-state index contributed by atoms with van der Waals surface area (Å²) in [5, 5.41) is 12.7. The minimum Gasteiger partial charge on any atom is -0.342 e. The molecule has 1 N–H and O–H groups in total. The van der Waals surface area contributed by atoms with Gasteiger partial charge in [-0.2, -0.15) is 0 Å². The average Bonchev–Trinajstić information content (AvgIpc) is 3.10. The third-order valence-electron chi connectivity index (χ3n) is 4.47. The second kappa shape index (κ2) is 10.1. The molecule has 1 unspecified atom stereocenters. The van der Waals surface area contributed by atoms with Crippen molar-refractivity contribution < 1.29 is 9.18 Å². The van der Waals surface area contributed by atoms with Crippen LogP contribution in [0.5, 0.6) is 0 Å². The van der Waals surface area contributed by atoms with Crippen molar-refractivity contribution in [1.29, 1.82) is 0 Å². The molecule has 8 heteroatoms. The quantitative estimate of drug-likeness (QED) is 0.463. The standard InChI is InChI=1S/C22H24ClFN4OS/c1-14(2)12-28-20(15(3)25-21(29)16-8-5-4-6-9-16)26-27-22(28)30-13-17-18(23)10-7-11-19(17)24/h4-11,14-15H,12-13H2,1-3H3,(H,25,29). The lowest BCUT2D eigenvalue weighted by Gasteiger charge is -2.17. The van der Waals surface area contributed by atoms with Crippen molar-refractivity contribution in [3.05, 3.63) is 76.3 Å². The van der Waals surface area contributed by atoms with Crippen molar-refractivity contribution in [2.24, 2.45) is 5.92 Å². The van der Waals surface area contributed by atoms with Crippen LogP contribution in [0, 0.1) is 11.7 Å². The molecule has 1 atom stereocenters. The van der Waals surface area contributed by atoms with Gasteiger partial charge in [-0.15, -0.1) is 10.2 Å². The summed E-state index contributed by atoms with van der Waals surface area (Å²) in [6, 6.07) is 13.4. The highest BCUT2D eigenvalue weighted by Gasteiger charge is 2.21. The SMILES string of the molecule is CC(C)Cn1c(SCc2c(F)cccc2Cl)nnc1C(C)NC(=O)c1ccccc1. The minimum absolute atomic E-state index is 0.172. The number of halogens is 2. The first-order valence-corrected chi connectivity index (χ1v) is 11.1. The monoisotopic (exact) mass is 446 g/mol. The van der Waals surface area contributed by atoms with E-state index in [4.69, 9.17) is 11.6 Å². The van der Waals surface area contributed by atoms with Crippen molar-refractivity contribution >= 4 is 29.3 Å². The summed E-state index contributed by atoms with van der Waals surface area (Å²) < 4.78 is 16.1. The van der Waals surface area contributed by atoms with Crippen LogP contribution in [0.4, 0.5) is 4.39 Å². The van der Waals surface area contributed by atoms with Crippen molar-refractivity contribution in [2.75, 3.05) is 0 Å². The van der Waals surface area contributed by atoms with Gasteiger partial charge in [0.1, 0.15) is 5.82 Å². The second-order valence-electron chi connectivity index (χ2n) is 7.40. The molecule has 2 aromatic carbocycles. The van der Waals surface area contributed by atoms with Gasteiger partial charge in [-0.25, -0.2) is 4.39 Å². The van der Waals surface area contributed by atoms with Crippen LogP contribution in [0.25, 0.3) is 0 Å². The number of thioether (sulfide) groups is 1. The predicted molar refractivity (Wildman–Crippen MR) is 118 cm³/mol. The van der Waals surface area contributed by atoms with Crippen LogP contribution in [-0.2, 0) is 12.3 Å². The number of nitrogens with zero attached hydrogens (tertiary/aromatic N) is 3. The molecule has 158 valence electrons. The van der Waals surface area contributed by atoms with Gasteiger partial charge < -0.3 is 9.88 Å². The molecule has 1 heterocycles. The molecule has 3 rings (SSSR count). The highest BCUT2D eigenvalue weighted by atomic mass is 35.5. The zero-order valence-corrected chi connectivity index (χ0v) is 18.7. The Kier molecular flexibility index (Phi) is 7.50. The Morgan fingerprint density at radius 2 is 1.87 bits per heavy atom. The number of rotatable bonds is 8. The molecule has 0 spiro atoms. The molecule has 0 aliphatic heterocycles. The van der Waals surface area contributed by atoms with Gasteiger partial charge in [0, 0.05) is 28.4 Å². The van der Waals surface area contributed by atoms with Crippen molar-refractivity contribution in [2.45, 2.75) is 44.3 Å². The normalized spacial score (nSPS) is 12.2. The van der Waals surface area contributed by atoms with Gasteiger partial charge in [0.2, 0.25) is 0 Å². The van der Waals surface area contributed by atoms with Gasteiger partial charge in [-0.1, -0.05) is 61.5 Å².